The number of nitrogens with zero attached hydrogens (tertiary/aromatic N) is 1. The first-order valence-electron chi connectivity index (χ1n) is 8.84. The summed E-state index contributed by atoms with van der Waals surface area (Å²) in [4.78, 5) is 15.8. The minimum absolute atomic E-state index is 0. The van der Waals surface area contributed by atoms with E-state index in [1.54, 1.807) is 30.3 Å². The van der Waals surface area contributed by atoms with Gasteiger partial charge in [0.2, 0.25) is 5.91 Å². The molecule has 6 nitrogen and oxygen atoms in total. The fraction of sp³-hybridized carbons (Fsp3) is 0.300. The summed E-state index contributed by atoms with van der Waals surface area (Å²) in [6.45, 7) is 2.12. The van der Waals surface area contributed by atoms with Crippen LogP contribution in [0.3, 0.4) is 0 Å². The highest BCUT2D eigenvalue weighted by Crippen LogP contribution is 2.22. The minimum Gasteiger partial charge on any atom is -0.434 e. The maximum atomic E-state index is 12.6. The fourth-order valence-electron chi connectivity index (χ4n) is 2.57. The first-order valence-corrected chi connectivity index (χ1v) is 8.84. The van der Waals surface area contributed by atoms with Gasteiger partial charge in [-0.3, -0.25) is 4.79 Å². The summed E-state index contributed by atoms with van der Waals surface area (Å²) >= 11 is 0. The molecular weight excluding hydrogens is 493 g/mol. The van der Waals surface area contributed by atoms with Crippen molar-refractivity contribution in [2.45, 2.75) is 33.5 Å². The van der Waals surface area contributed by atoms with E-state index in [1.165, 1.54) is 6.07 Å². The van der Waals surface area contributed by atoms with Gasteiger partial charge >= 0.3 is 6.61 Å². The largest absolute Gasteiger partial charge is 0.434 e. The quantitative estimate of drug-likeness (QED) is 0.283. The number of nitrogens with two attached hydrogens (primary N) is 1. The Morgan fingerprint density at radius 3 is 2.62 bits per heavy atom. The molecule has 0 aliphatic heterocycles. The normalized spacial score (nSPS) is 11.0. The smallest absolute Gasteiger partial charge is 0.387 e. The molecule has 0 saturated heterocycles. The van der Waals surface area contributed by atoms with Crippen LogP contribution in [0.2, 0.25) is 0 Å². The topological polar surface area (TPSA) is 88.7 Å². The van der Waals surface area contributed by atoms with Gasteiger partial charge in [-0.15, -0.1) is 24.0 Å². The zero-order chi connectivity index (χ0) is 20.5. The van der Waals surface area contributed by atoms with E-state index in [9.17, 15) is 13.6 Å². The Labute approximate surface area is 185 Å². The number of amides is 1. The molecule has 0 aliphatic rings. The van der Waals surface area contributed by atoms with Crippen LogP contribution in [0.15, 0.2) is 47.5 Å². The van der Waals surface area contributed by atoms with Crippen LogP contribution < -0.4 is 21.1 Å². The Kier molecular flexibility index (Phi) is 10.4. The molecule has 2 aromatic rings. The Morgan fingerprint density at radius 1 is 1.21 bits per heavy atom. The lowest BCUT2D eigenvalue weighted by Gasteiger charge is -2.15. The number of benzene rings is 2. The maximum Gasteiger partial charge on any atom is 0.387 e. The van der Waals surface area contributed by atoms with Crippen molar-refractivity contribution in [3.63, 3.8) is 0 Å². The van der Waals surface area contributed by atoms with E-state index < -0.39 is 12.5 Å². The van der Waals surface area contributed by atoms with Crippen molar-refractivity contribution < 1.29 is 18.3 Å². The van der Waals surface area contributed by atoms with Crippen molar-refractivity contribution in [3.8, 4) is 5.75 Å². The highest BCUT2D eigenvalue weighted by molar-refractivity contribution is 14.0. The predicted molar refractivity (Wildman–Crippen MR) is 120 cm³/mol. The number of halogens is 3. The van der Waals surface area contributed by atoms with Crippen LogP contribution in [-0.4, -0.2) is 25.0 Å². The van der Waals surface area contributed by atoms with Crippen molar-refractivity contribution in [3.05, 3.63) is 64.7 Å². The number of guanidine groups is 1. The van der Waals surface area contributed by atoms with Crippen molar-refractivity contribution in [2.24, 2.45) is 10.7 Å². The Balaban J connectivity index is 0.00000420. The van der Waals surface area contributed by atoms with Crippen LogP contribution in [0.1, 0.15) is 34.0 Å². The zero-order valence-corrected chi connectivity index (χ0v) is 18.6. The predicted octanol–water partition coefficient (Wildman–Crippen LogP) is 3.57. The standard InChI is InChI=1S/C20H24F2N4O2.HI/c1-3-24-20(25-11-14-5-4-6-15(10-14)18(23)27)26-12-16-9-13(2)7-8-17(16)28-19(21)22;/h4-10,19H,3,11-12H2,1-2H3,(H2,23,27)(H2,24,25,26);1H. The molecule has 29 heavy (non-hydrogen) atoms. The number of hydrogen-bond donors (Lipinski definition) is 3. The van der Waals surface area contributed by atoms with Crippen molar-refractivity contribution in [1.29, 1.82) is 0 Å². The molecule has 0 aliphatic carbocycles. The van der Waals surface area contributed by atoms with Crippen LogP contribution in [0.25, 0.3) is 0 Å². The van der Waals surface area contributed by atoms with Crippen LogP contribution in [-0.2, 0) is 13.1 Å². The fourth-order valence-corrected chi connectivity index (χ4v) is 2.57. The third-order valence-electron chi connectivity index (χ3n) is 3.85. The number of ether oxygens (including phenoxy) is 1. The number of primary amides is 1. The van der Waals surface area contributed by atoms with E-state index in [0.29, 0.717) is 30.2 Å². The number of carbonyl (C=O) groups is 1. The summed E-state index contributed by atoms with van der Waals surface area (Å²) < 4.78 is 29.8. The number of carbonyl (C=O) groups excluding carboxylic acids is 1. The molecule has 4 N–H and O–H groups in total. The van der Waals surface area contributed by atoms with E-state index in [1.807, 2.05) is 19.9 Å². The summed E-state index contributed by atoms with van der Waals surface area (Å²) in [5, 5.41) is 6.20. The Morgan fingerprint density at radius 2 is 1.97 bits per heavy atom. The van der Waals surface area contributed by atoms with Gasteiger partial charge in [0.1, 0.15) is 5.75 Å². The van der Waals surface area contributed by atoms with E-state index >= 15 is 0 Å². The van der Waals surface area contributed by atoms with Gasteiger partial charge in [0.15, 0.2) is 5.96 Å². The monoisotopic (exact) mass is 518 g/mol. The van der Waals surface area contributed by atoms with Gasteiger partial charge in [0.05, 0.1) is 6.54 Å². The van der Waals surface area contributed by atoms with Crippen molar-refractivity contribution >= 4 is 35.8 Å². The second-order valence-corrected chi connectivity index (χ2v) is 6.10. The van der Waals surface area contributed by atoms with Gasteiger partial charge < -0.3 is 21.1 Å². The lowest BCUT2D eigenvalue weighted by Crippen LogP contribution is -2.37. The van der Waals surface area contributed by atoms with E-state index in [-0.39, 0.29) is 36.3 Å². The van der Waals surface area contributed by atoms with Gasteiger partial charge in [-0.05, 0) is 37.6 Å². The summed E-state index contributed by atoms with van der Waals surface area (Å²) in [5.41, 5.74) is 8.07. The molecule has 0 spiro atoms. The average molecular weight is 518 g/mol. The SMILES string of the molecule is CCNC(=NCc1cccc(C(N)=O)c1)NCc1cc(C)ccc1OC(F)F.I. The molecule has 0 heterocycles. The lowest BCUT2D eigenvalue weighted by atomic mass is 10.1. The van der Waals surface area contributed by atoms with Crippen molar-refractivity contribution in [1.82, 2.24) is 10.6 Å². The minimum atomic E-state index is -2.89. The lowest BCUT2D eigenvalue weighted by molar-refractivity contribution is -0.0504. The third-order valence-corrected chi connectivity index (χ3v) is 3.85. The highest BCUT2D eigenvalue weighted by Gasteiger charge is 2.10. The number of nitrogens with one attached hydrogen (secondary N) is 2. The molecular formula is C20H25F2IN4O2. The molecule has 0 unspecified atom stereocenters. The molecule has 1 amide bonds. The van der Waals surface area contributed by atoms with Crippen LogP contribution in [0, 0.1) is 6.92 Å². The van der Waals surface area contributed by atoms with Gasteiger partial charge in [-0.25, -0.2) is 4.99 Å². The van der Waals surface area contributed by atoms with Crippen LogP contribution in [0.5, 0.6) is 5.75 Å². The van der Waals surface area contributed by atoms with Gasteiger partial charge in [0, 0.05) is 24.2 Å². The molecule has 0 aromatic heterocycles. The number of aryl methyl sites for hydroxylation is 1. The summed E-state index contributed by atoms with van der Waals surface area (Å²) in [5.74, 6) is 0.136. The molecule has 0 radical (unpaired) electrons. The third kappa shape index (κ3) is 8.22. The Hall–Kier alpha value is -2.43. The van der Waals surface area contributed by atoms with Crippen LogP contribution in [0.4, 0.5) is 8.78 Å². The zero-order valence-electron chi connectivity index (χ0n) is 16.2. The molecule has 9 heteroatoms. The molecule has 0 fully saturated rings. The Bertz CT molecular complexity index is 847. The van der Waals surface area contributed by atoms with E-state index in [0.717, 1.165) is 11.1 Å². The second kappa shape index (κ2) is 12.2. The molecule has 158 valence electrons. The number of aliphatic imine (C=N–C) groups is 1. The summed E-state index contributed by atoms with van der Waals surface area (Å²) in [6, 6.07) is 11.9. The number of alkyl halides is 2. The average Bonchev–Trinajstić information content (AvgIpc) is 2.65. The molecule has 0 atom stereocenters. The van der Waals surface area contributed by atoms with Gasteiger partial charge in [0.25, 0.3) is 0 Å². The molecule has 2 aromatic carbocycles. The second-order valence-electron chi connectivity index (χ2n) is 6.10. The van der Waals surface area contributed by atoms with E-state index in [2.05, 4.69) is 20.4 Å². The molecule has 0 bridgehead atoms. The molecule has 2 rings (SSSR count). The molecule has 0 saturated carbocycles. The number of rotatable bonds is 8. The van der Waals surface area contributed by atoms with Crippen LogP contribution >= 0.6 is 24.0 Å². The maximum absolute atomic E-state index is 12.6. The van der Waals surface area contributed by atoms with Crippen molar-refractivity contribution in [2.75, 3.05) is 6.54 Å². The first-order chi connectivity index (χ1) is 13.4. The highest BCUT2D eigenvalue weighted by atomic mass is 127. The van der Waals surface area contributed by atoms with E-state index in [4.69, 9.17) is 5.73 Å². The number of hydrogen-bond acceptors (Lipinski definition) is 3. The van der Waals surface area contributed by atoms with Gasteiger partial charge in [-0.2, -0.15) is 8.78 Å². The summed E-state index contributed by atoms with van der Waals surface area (Å²) in [6.07, 6.45) is 0. The first kappa shape index (κ1) is 24.6. The van der Waals surface area contributed by atoms with Gasteiger partial charge in [-0.1, -0.05) is 29.8 Å². The summed E-state index contributed by atoms with van der Waals surface area (Å²) in [7, 11) is 0.